The van der Waals surface area contributed by atoms with Crippen molar-refractivity contribution in [3.8, 4) is 11.5 Å². The molecule has 0 radical (unpaired) electrons. The lowest BCUT2D eigenvalue weighted by atomic mass is 10.0. The number of hydrogen-bond donors (Lipinski definition) is 1. The average Bonchev–Trinajstić information content (AvgIpc) is 3.08. The van der Waals surface area contributed by atoms with Crippen molar-refractivity contribution in [3.63, 3.8) is 0 Å². The van der Waals surface area contributed by atoms with Crippen LogP contribution in [0.4, 0.5) is 5.95 Å². The standard InChI is InChI=1S/C20H20ClN3O3/c1-20(2)10-12-5-4-6-16(18(12)27-20)26-11-17(25)23-19-22-14-9-13(21)7-8-15(14)24(19)3/h4-9H,10-11H2,1-3H3,(H,22,23,25). The van der Waals surface area contributed by atoms with Gasteiger partial charge in [-0.15, -0.1) is 0 Å². The smallest absolute Gasteiger partial charge is 0.264 e. The second-order valence-corrected chi connectivity index (χ2v) is 7.68. The number of ether oxygens (including phenoxy) is 2. The van der Waals surface area contributed by atoms with Crippen LogP contribution in [-0.2, 0) is 18.3 Å². The Hall–Kier alpha value is -2.73. The van der Waals surface area contributed by atoms with Crippen molar-refractivity contribution in [1.82, 2.24) is 9.55 Å². The van der Waals surface area contributed by atoms with Gasteiger partial charge in [-0.25, -0.2) is 4.98 Å². The number of nitrogens with zero attached hydrogens (tertiary/aromatic N) is 2. The molecule has 4 rings (SSSR count). The van der Waals surface area contributed by atoms with E-state index < -0.39 is 0 Å². The van der Waals surface area contributed by atoms with Gasteiger partial charge >= 0.3 is 0 Å². The molecule has 0 fully saturated rings. The van der Waals surface area contributed by atoms with Crippen molar-refractivity contribution in [3.05, 3.63) is 47.0 Å². The topological polar surface area (TPSA) is 65.4 Å². The van der Waals surface area contributed by atoms with Crippen LogP contribution in [0, 0.1) is 0 Å². The summed E-state index contributed by atoms with van der Waals surface area (Å²) in [5.41, 5.74) is 2.42. The van der Waals surface area contributed by atoms with Gasteiger partial charge in [0.1, 0.15) is 5.60 Å². The van der Waals surface area contributed by atoms with Crippen LogP contribution in [0.15, 0.2) is 36.4 Å². The van der Waals surface area contributed by atoms with E-state index in [1.165, 1.54) is 0 Å². The number of aryl methyl sites for hydroxylation is 1. The number of anilines is 1. The normalized spacial score (nSPS) is 14.7. The molecule has 6 nitrogen and oxygen atoms in total. The van der Waals surface area contributed by atoms with Crippen molar-refractivity contribution in [2.45, 2.75) is 25.9 Å². The molecular formula is C20H20ClN3O3. The Labute approximate surface area is 162 Å². The molecule has 1 amide bonds. The molecule has 140 valence electrons. The van der Waals surface area contributed by atoms with Crippen molar-refractivity contribution in [2.24, 2.45) is 7.05 Å². The molecule has 0 atom stereocenters. The Balaban J connectivity index is 1.46. The Bertz CT molecular complexity index is 1040. The van der Waals surface area contributed by atoms with E-state index >= 15 is 0 Å². The van der Waals surface area contributed by atoms with Crippen molar-refractivity contribution >= 4 is 34.5 Å². The summed E-state index contributed by atoms with van der Waals surface area (Å²) in [7, 11) is 1.83. The third-order valence-corrected chi connectivity index (χ3v) is 4.74. The van der Waals surface area contributed by atoms with Gasteiger partial charge in [0.25, 0.3) is 5.91 Å². The highest BCUT2D eigenvalue weighted by Gasteiger charge is 2.32. The minimum Gasteiger partial charge on any atom is -0.483 e. The number of para-hydroxylation sites is 1. The van der Waals surface area contributed by atoms with E-state index in [2.05, 4.69) is 10.3 Å². The number of carbonyl (C=O) groups is 1. The summed E-state index contributed by atoms with van der Waals surface area (Å²) in [4.78, 5) is 16.8. The van der Waals surface area contributed by atoms with Gasteiger partial charge in [0.15, 0.2) is 18.1 Å². The van der Waals surface area contributed by atoms with Gasteiger partial charge < -0.3 is 14.0 Å². The van der Waals surface area contributed by atoms with Gasteiger partial charge in [-0.3, -0.25) is 10.1 Å². The Kier molecular flexibility index (Phi) is 4.23. The molecule has 0 saturated carbocycles. The predicted molar refractivity (Wildman–Crippen MR) is 105 cm³/mol. The van der Waals surface area contributed by atoms with Gasteiger partial charge in [-0.05, 0) is 38.1 Å². The van der Waals surface area contributed by atoms with Crippen LogP contribution in [0.5, 0.6) is 11.5 Å². The number of benzene rings is 2. The summed E-state index contributed by atoms with van der Waals surface area (Å²) in [5, 5.41) is 3.38. The minimum atomic E-state index is -0.297. The maximum atomic E-state index is 12.4. The fourth-order valence-corrected chi connectivity index (χ4v) is 3.46. The lowest BCUT2D eigenvalue weighted by molar-refractivity contribution is -0.118. The highest BCUT2D eigenvalue weighted by Crippen LogP contribution is 2.41. The van der Waals surface area contributed by atoms with Crippen molar-refractivity contribution in [1.29, 1.82) is 0 Å². The molecule has 2 aromatic carbocycles. The molecule has 0 saturated heterocycles. The second kappa shape index (κ2) is 6.46. The van der Waals surface area contributed by atoms with Crippen LogP contribution < -0.4 is 14.8 Å². The Morgan fingerprint density at radius 2 is 2.19 bits per heavy atom. The minimum absolute atomic E-state index is 0.135. The number of hydrogen-bond acceptors (Lipinski definition) is 4. The van der Waals surface area contributed by atoms with E-state index in [1.807, 2.05) is 45.2 Å². The number of carbonyl (C=O) groups excluding carboxylic acids is 1. The number of rotatable bonds is 4. The summed E-state index contributed by atoms with van der Waals surface area (Å²) >= 11 is 6.00. The second-order valence-electron chi connectivity index (χ2n) is 7.25. The number of nitrogens with one attached hydrogen (secondary N) is 1. The van der Waals surface area contributed by atoms with Crippen LogP contribution in [0.25, 0.3) is 11.0 Å². The summed E-state index contributed by atoms with van der Waals surface area (Å²) in [6.45, 7) is 3.92. The molecule has 2 heterocycles. The first-order valence-corrected chi connectivity index (χ1v) is 9.06. The van der Waals surface area contributed by atoms with Gasteiger partial charge in [0.05, 0.1) is 11.0 Å². The molecule has 1 N–H and O–H groups in total. The van der Waals surface area contributed by atoms with Crippen LogP contribution >= 0.6 is 11.6 Å². The van der Waals surface area contributed by atoms with Crippen molar-refractivity contribution in [2.75, 3.05) is 11.9 Å². The molecule has 27 heavy (non-hydrogen) atoms. The first-order valence-electron chi connectivity index (χ1n) is 8.68. The SMILES string of the molecule is Cn1c(NC(=O)COc2cccc3c2OC(C)(C)C3)nc2cc(Cl)ccc21. The lowest BCUT2D eigenvalue weighted by Gasteiger charge is -2.18. The largest absolute Gasteiger partial charge is 0.483 e. The zero-order chi connectivity index (χ0) is 19.2. The zero-order valence-corrected chi connectivity index (χ0v) is 16.1. The van der Waals surface area contributed by atoms with E-state index in [9.17, 15) is 4.79 Å². The predicted octanol–water partition coefficient (Wildman–Crippen LogP) is 3.96. The number of fused-ring (bicyclic) bond motifs is 2. The number of aromatic nitrogens is 2. The summed E-state index contributed by atoms with van der Waals surface area (Å²) < 4.78 is 13.5. The Morgan fingerprint density at radius 1 is 1.37 bits per heavy atom. The molecule has 0 bridgehead atoms. The van der Waals surface area contributed by atoms with Crippen molar-refractivity contribution < 1.29 is 14.3 Å². The first kappa shape index (κ1) is 17.7. The molecule has 3 aromatic rings. The summed E-state index contributed by atoms with van der Waals surface area (Å²) in [6, 6.07) is 11.1. The molecule has 1 aromatic heterocycles. The lowest BCUT2D eigenvalue weighted by Crippen LogP contribution is -2.25. The molecular weight excluding hydrogens is 366 g/mol. The number of amides is 1. The van der Waals surface area contributed by atoms with Gasteiger partial charge in [0.2, 0.25) is 5.95 Å². The van der Waals surface area contributed by atoms with E-state index in [-0.39, 0.29) is 18.1 Å². The van der Waals surface area contributed by atoms with Crippen LogP contribution in [0.2, 0.25) is 5.02 Å². The van der Waals surface area contributed by atoms with Crippen LogP contribution in [0.3, 0.4) is 0 Å². The molecule has 1 aliphatic rings. The van der Waals surface area contributed by atoms with E-state index in [0.717, 1.165) is 23.0 Å². The highest BCUT2D eigenvalue weighted by atomic mass is 35.5. The van der Waals surface area contributed by atoms with E-state index in [0.29, 0.717) is 22.5 Å². The fourth-order valence-electron chi connectivity index (χ4n) is 3.29. The maximum absolute atomic E-state index is 12.4. The van der Waals surface area contributed by atoms with Gasteiger partial charge in [-0.1, -0.05) is 23.7 Å². The quantitative estimate of drug-likeness (QED) is 0.738. The fraction of sp³-hybridized carbons (Fsp3) is 0.300. The van der Waals surface area contributed by atoms with Gasteiger partial charge in [-0.2, -0.15) is 0 Å². The van der Waals surface area contributed by atoms with E-state index in [1.54, 1.807) is 16.7 Å². The number of imidazole rings is 1. The van der Waals surface area contributed by atoms with Gasteiger partial charge in [0, 0.05) is 24.1 Å². The Morgan fingerprint density at radius 3 is 3.00 bits per heavy atom. The highest BCUT2D eigenvalue weighted by molar-refractivity contribution is 6.31. The molecule has 0 spiro atoms. The zero-order valence-electron chi connectivity index (χ0n) is 15.4. The summed E-state index contributed by atoms with van der Waals surface area (Å²) in [6.07, 6.45) is 0.814. The monoisotopic (exact) mass is 385 g/mol. The average molecular weight is 386 g/mol. The number of halogens is 1. The molecule has 7 heteroatoms. The maximum Gasteiger partial charge on any atom is 0.264 e. The summed E-state index contributed by atoms with van der Waals surface area (Å²) in [5.74, 6) is 1.43. The van der Waals surface area contributed by atoms with Crippen LogP contribution in [0.1, 0.15) is 19.4 Å². The van der Waals surface area contributed by atoms with Crippen LogP contribution in [-0.4, -0.2) is 27.7 Å². The third kappa shape index (κ3) is 3.45. The molecule has 1 aliphatic heterocycles. The first-order chi connectivity index (χ1) is 12.8. The van der Waals surface area contributed by atoms with E-state index in [4.69, 9.17) is 21.1 Å². The molecule has 0 unspecified atom stereocenters. The third-order valence-electron chi connectivity index (χ3n) is 4.51. The molecule has 0 aliphatic carbocycles.